The average molecular weight is 512 g/mol. The van der Waals surface area contributed by atoms with Crippen molar-refractivity contribution < 1.29 is 24.2 Å². The maximum absolute atomic E-state index is 13.8. The maximum atomic E-state index is 13.8. The highest BCUT2D eigenvalue weighted by Gasteiger charge is 2.22. The van der Waals surface area contributed by atoms with Crippen LogP contribution in [0.25, 0.3) is 20.5 Å². The van der Waals surface area contributed by atoms with E-state index >= 15 is 0 Å². The van der Waals surface area contributed by atoms with Gasteiger partial charge in [-0.25, -0.2) is 0 Å². The van der Waals surface area contributed by atoms with E-state index in [1.165, 1.54) is 11.3 Å². The number of benzene rings is 3. The molecule has 1 fully saturated rings. The number of fused-ring (bicyclic) bond motifs is 1. The van der Waals surface area contributed by atoms with Crippen molar-refractivity contribution >= 4 is 33.0 Å². The number of rotatable bonds is 8. The topological polar surface area (TPSA) is 76.1 Å². The van der Waals surface area contributed by atoms with E-state index in [-0.39, 0.29) is 11.5 Å². The number of Topliss-reactive ketones (excluding diaryl/α,β-unsaturated/α-hetero) is 1. The molecule has 7 heteroatoms. The fraction of sp³-hybridized carbons (Fsp3) is 0.200. The molecule has 186 valence electrons. The molecule has 0 bridgehead atoms. The molecule has 3 aromatic carbocycles. The van der Waals surface area contributed by atoms with Crippen LogP contribution in [0.2, 0.25) is 0 Å². The van der Waals surface area contributed by atoms with Crippen LogP contribution in [-0.4, -0.2) is 61.0 Å². The van der Waals surface area contributed by atoms with Gasteiger partial charge in [0.2, 0.25) is 5.78 Å². The molecule has 0 saturated carbocycles. The van der Waals surface area contributed by atoms with Crippen LogP contribution in [0.15, 0.2) is 66.7 Å². The lowest BCUT2D eigenvalue weighted by Gasteiger charge is -2.26. The van der Waals surface area contributed by atoms with Crippen molar-refractivity contribution in [1.82, 2.24) is 4.90 Å². The first kappa shape index (κ1) is 24.7. The van der Waals surface area contributed by atoms with Crippen LogP contribution in [-0.2, 0) is 4.74 Å². The summed E-state index contributed by atoms with van der Waals surface area (Å²) in [5, 5.41) is 10.5. The molecule has 4 aromatic rings. The largest absolute Gasteiger partial charge is 0.508 e. The molecule has 0 amide bonds. The van der Waals surface area contributed by atoms with E-state index in [0.717, 1.165) is 53.4 Å². The molecule has 1 N–H and O–H groups in total. The normalized spacial score (nSPS) is 13.8. The van der Waals surface area contributed by atoms with Gasteiger partial charge >= 0.3 is 0 Å². The van der Waals surface area contributed by atoms with Gasteiger partial charge in [-0.2, -0.15) is 0 Å². The molecule has 0 aliphatic carbocycles. The van der Waals surface area contributed by atoms with Gasteiger partial charge in [0, 0.05) is 51.3 Å². The maximum Gasteiger partial charge on any atom is 0.235 e. The summed E-state index contributed by atoms with van der Waals surface area (Å²) in [5.74, 6) is 2.45. The number of carbonyl (C=O) groups excluding carboxylic acids is 2. The lowest BCUT2D eigenvalue weighted by molar-refractivity contribution is 0.0322. The summed E-state index contributed by atoms with van der Waals surface area (Å²) in [4.78, 5) is 28.9. The number of aromatic hydroxyl groups is 1. The number of hydrogen-bond donors (Lipinski definition) is 1. The highest BCUT2D eigenvalue weighted by atomic mass is 32.1. The van der Waals surface area contributed by atoms with Gasteiger partial charge in [0.25, 0.3) is 0 Å². The molecule has 0 atom stereocenters. The Kier molecular flexibility index (Phi) is 7.33. The molecule has 6 nitrogen and oxygen atoms in total. The smallest absolute Gasteiger partial charge is 0.235 e. The molecule has 1 saturated heterocycles. The number of thiophene rings is 1. The molecule has 1 aliphatic heterocycles. The molecule has 1 aliphatic rings. The third-order valence-corrected chi connectivity index (χ3v) is 7.54. The summed E-state index contributed by atoms with van der Waals surface area (Å²) >= 11 is 1.41. The zero-order valence-electron chi connectivity index (χ0n) is 20.1. The van der Waals surface area contributed by atoms with E-state index in [1.54, 1.807) is 54.6 Å². The van der Waals surface area contributed by atoms with Crippen LogP contribution in [0.4, 0.5) is 0 Å². The Labute approximate surface area is 219 Å². The molecule has 0 spiro atoms. The van der Waals surface area contributed by atoms with Gasteiger partial charge in [0.15, 0.2) is 5.78 Å². The number of phenolic OH excluding ortho intramolecular Hbond substituents is 1. The molecule has 2 heterocycles. The fourth-order valence-electron chi connectivity index (χ4n) is 4.33. The van der Waals surface area contributed by atoms with E-state index in [2.05, 4.69) is 10.8 Å². The van der Waals surface area contributed by atoms with Crippen molar-refractivity contribution in [3.05, 3.63) is 83.4 Å². The standard InChI is InChI=1S/C30H25NO5S/c1-2-26(33)22-7-12-25-27(19-22)37-30(21-3-8-23(32)9-4-21)28(25)29(34)20-5-10-24(11-6-20)36-18-15-31-13-16-35-17-14-31/h1,3-12,19,32H,13-18H2. The zero-order chi connectivity index (χ0) is 25.8. The quantitative estimate of drug-likeness (QED) is 0.203. The second-order valence-corrected chi connectivity index (χ2v) is 9.75. The van der Waals surface area contributed by atoms with Gasteiger partial charge in [-0.3, -0.25) is 14.5 Å². The predicted octanol–water partition coefficient (Wildman–Crippen LogP) is 5.03. The minimum atomic E-state index is -0.404. The second-order valence-electron chi connectivity index (χ2n) is 8.69. The molecular weight excluding hydrogens is 486 g/mol. The van der Waals surface area contributed by atoms with Crippen molar-refractivity contribution in [2.24, 2.45) is 0 Å². The van der Waals surface area contributed by atoms with Crippen LogP contribution in [0.1, 0.15) is 26.3 Å². The van der Waals surface area contributed by atoms with E-state index in [4.69, 9.17) is 15.9 Å². The van der Waals surface area contributed by atoms with Crippen molar-refractivity contribution in [2.75, 3.05) is 39.5 Å². The first-order valence-electron chi connectivity index (χ1n) is 12.0. The third kappa shape index (κ3) is 5.42. The van der Waals surface area contributed by atoms with Gasteiger partial charge in [-0.05, 0) is 72.1 Å². The number of ketones is 2. The number of morpholine rings is 1. The second kappa shape index (κ2) is 11.0. The number of carbonyl (C=O) groups is 2. The van der Waals surface area contributed by atoms with Crippen LogP contribution >= 0.6 is 11.3 Å². The molecule has 0 radical (unpaired) electrons. The summed E-state index contributed by atoms with van der Waals surface area (Å²) in [5.41, 5.74) is 2.29. The van der Waals surface area contributed by atoms with Crippen LogP contribution < -0.4 is 4.74 Å². The van der Waals surface area contributed by atoms with Gasteiger partial charge in [-0.1, -0.05) is 6.07 Å². The number of nitrogens with zero attached hydrogens (tertiary/aromatic N) is 1. The Bertz CT molecular complexity index is 1480. The lowest BCUT2D eigenvalue weighted by Crippen LogP contribution is -2.38. The summed E-state index contributed by atoms with van der Waals surface area (Å²) in [7, 11) is 0. The van der Waals surface area contributed by atoms with Gasteiger partial charge in [0.1, 0.15) is 18.1 Å². The van der Waals surface area contributed by atoms with Crippen molar-refractivity contribution in [2.45, 2.75) is 0 Å². The highest BCUT2D eigenvalue weighted by Crippen LogP contribution is 2.41. The van der Waals surface area contributed by atoms with Gasteiger partial charge in [0.05, 0.1) is 13.2 Å². The van der Waals surface area contributed by atoms with E-state index in [1.807, 2.05) is 12.1 Å². The van der Waals surface area contributed by atoms with E-state index < -0.39 is 5.78 Å². The number of phenols is 1. The minimum Gasteiger partial charge on any atom is -0.508 e. The SMILES string of the molecule is C#CC(=O)c1ccc2c(C(=O)c3ccc(OCCN4CCOCC4)cc3)c(-c3ccc(O)cc3)sc2c1. The Hall–Kier alpha value is -3.96. The highest BCUT2D eigenvalue weighted by molar-refractivity contribution is 7.22. The number of hydrogen-bond acceptors (Lipinski definition) is 7. The van der Waals surface area contributed by atoms with Gasteiger partial charge < -0.3 is 14.6 Å². The Morgan fingerprint density at radius 2 is 1.70 bits per heavy atom. The van der Waals surface area contributed by atoms with Crippen molar-refractivity contribution in [3.63, 3.8) is 0 Å². The third-order valence-electron chi connectivity index (χ3n) is 6.34. The monoisotopic (exact) mass is 511 g/mol. The molecule has 0 unspecified atom stereocenters. The Morgan fingerprint density at radius 3 is 2.41 bits per heavy atom. The molecule has 1 aromatic heterocycles. The van der Waals surface area contributed by atoms with Crippen molar-refractivity contribution in [3.8, 4) is 34.3 Å². The van der Waals surface area contributed by atoms with E-state index in [9.17, 15) is 14.7 Å². The minimum absolute atomic E-state index is 0.134. The summed E-state index contributed by atoms with van der Waals surface area (Å²) in [6.45, 7) is 4.71. The zero-order valence-corrected chi connectivity index (χ0v) is 20.9. The van der Waals surface area contributed by atoms with Crippen molar-refractivity contribution in [1.29, 1.82) is 0 Å². The van der Waals surface area contributed by atoms with Crippen LogP contribution in [0.3, 0.4) is 0 Å². The fourth-order valence-corrected chi connectivity index (χ4v) is 5.57. The van der Waals surface area contributed by atoms with Crippen LogP contribution in [0.5, 0.6) is 11.5 Å². The Balaban J connectivity index is 1.43. The van der Waals surface area contributed by atoms with Crippen LogP contribution in [0, 0.1) is 12.3 Å². The first-order valence-corrected chi connectivity index (χ1v) is 12.8. The summed E-state index contributed by atoms with van der Waals surface area (Å²) in [6, 6.07) is 19.0. The lowest BCUT2D eigenvalue weighted by atomic mass is 9.96. The Morgan fingerprint density at radius 1 is 1.00 bits per heavy atom. The van der Waals surface area contributed by atoms with E-state index in [0.29, 0.717) is 29.0 Å². The average Bonchev–Trinajstić information content (AvgIpc) is 3.32. The molecule has 5 rings (SSSR count). The summed E-state index contributed by atoms with van der Waals surface area (Å²) in [6.07, 6.45) is 5.30. The number of terminal acetylenes is 1. The number of ether oxygens (including phenoxy) is 2. The molecule has 37 heavy (non-hydrogen) atoms. The first-order chi connectivity index (χ1) is 18.0. The summed E-state index contributed by atoms with van der Waals surface area (Å²) < 4.78 is 12.1. The predicted molar refractivity (Wildman–Crippen MR) is 145 cm³/mol. The van der Waals surface area contributed by atoms with Gasteiger partial charge in [-0.15, -0.1) is 17.8 Å². The molecular formula is C30H25NO5S.